The molecule has 11 heteroatoms. The summed E-state index contributed by atoms with van der Waals surface area (Å²) < 4.78 is 10.4. The van der Waals surface area contributed by atoms with Crippen LogP contribution in [0.15, 0.2) is 48.5 Å². The van der Waals surface area contributed by atoms with Crippen molar-refractivity contribution in [3.8, 4) is 0 Å². The molecule has 2 amide bonds. The van der Waals surface area contributed by atoms with Gasteiger partial charge in [-0.1, -0.05) is 47.8 Å². The summed E-state index contributed by atoms with van der Waals surface area (Å²) in [7, 11) is 0. The molecule has 2 aromatic rings. The fourth-order valence-electron chi connectivity index (χ4n) is 3.87. The standard InChI is InChI=1S/C29H34N2O7S2/c1-3-30-15-17-37-25(32)13-14-26(33)38-18-16-31(4-2)28(35)24-11-7-22(8-12-24)20-40-29(36)39-19-21-5-9-23(10-6-21)27(30)34/h5-12H,3-4,13-20H2,1-2H3. The Bertz CT molecular complexity index is 1090. The highest BCUT2D eigenvalue weighted by atomic mass is 32.2. The van der Waals surface area contributed by atoms with Crippen molar-refractivity contribution < 1.29 is 33.4 Å². The minimum Gasteiger partial charge on any atom is -0.464 e. The molecule has 0 unspecified atom stereocenters. The lowest BCUT2D eigenvalue weighted by molar-refractivity contribution is -0.150. The molecule has 0 fully saturated rings. The SMILES string of the molecule is CCN1CCOC(=O)CCC(=O)OCCN(CC)C(=O)c2ccc(cc2)CSC(=O)SCc2ccc(cc2)C1=O. The molecule has 3 aliphatic rings. The molecule has 0 saturated carbocycles. The van der Waals surface area contributed by atoms with Crippen molar-refractivity contribution in [2.45, 2.75) is 38.2 Å². The van der Waals surface area contributed by atoms with E-state index in [0.29, 0.717) is 35.7 Å². The number of carbonyl (C=O) groups is 5. The first-order valence-corrected chi connectivity index (χ1v) is 15.1. The molecule has 40 heavy (non-hydrogen) atoms. The van der Waals surface area contributed by atoms with Gasteiger partial charge >= 0.3 is 11.9 Å². The molecule has 0 spiro atoms. The second kappa shape index (κ2) is 16.1. The molecule has 9 nitrogen and oxygen atoms in total. The van der Waals surface area contributed by atoms with E-state index in [2.05, 4.69) is 0 Å². The summed E-state index contributed by atoms with van der Waals surface area (Å²) >= 11 is 2.40. The highest BCUT2D eigenvalue weighted by Crippen LogP contribution is 2.25. The third-order valence-corrected chi connectivity index (χ3v) is 8.37. The monoisotopic (exact) mass is 586 g/mol. The first-order chi connectivity index (χ1) is 19.3. The molecule has 3 heterocycles. The van der Waals surface area contributed by atoms with Gasteiger partial charge in [0.05, 0.1) is 25.9 Å². The van der Waals surface area contributed by atoms with Gasteiger partial charge in [-0.3, -0.25) is 24.0 Å². The van der Waals surface area contributed by atoms with Gasteiger partial charge in [0, 0.05) is 35.7 Å². The summed E-state index contributed by atoms with van der Waals surface area (Å²) in [6.45, 7) is 5.01. The highest BCUT2D eigenvalue weighted by molar-refractivity contribution is 8.37. The lowest BCUT2D eigenvalue weighted by Crippen LogP contribution is -2.34. The van der Waals surface area contributed by atoms with Crippen molar-refractivity contribution in [1.29, 1.82) is 0 Å². The van der Waals surface area contributed by atoms with Crippen LogP contribution in [0.25, 0.3) is 0 Å². The van der Waals surface area contributed by atoms with Crippen LogP contribution in [0.5, 0.6) is 0 Å². The maximum atomic E-state index is 12.9. The molecule has 0 aliphatic carbocycles. The van der Waals surface area contributed by atoms with Crippen LogP contribution in [0.3, 0.4) is 0 Å². The van der Waals surface area contributed by atoms with Crippen LogP contribution in [-0.2, 0) is 30.6 Å². The van der Waals surface area contributed by atoms with Gasteiger partial charge in [-0.2, -0.15) is 0 Å². The van der Waals surface area contributed by atoms with Crippen LogP contribution in [0, 0.1) is 0 Å². The average Bonchev–Trinajstić information content (AvgIpc) is 2.97. The number of fused-ring (bicyclic) bond motifs is 2. The number of thioether (sulfide) groups is 2. The fourth-order valence-corrected chi connectivity index (χ4v) is 5.51. The molecular weight excluding hydrogens is 552 g/mol. The molecule has 0 N–H and O–H groups in total. The number of ether oxygens (including phenoxy) is 2. The van der Waals surface area contributed by atoms with Crippen molar-refractivity contribution in [1.82, 2.24) is 9.80 Å². The van der Waals surface area contributed by atoms with Crippen molar-refractivity contribution in [3.63, 3.8) is 0 Å². The normalized spacial score (nSPS) is 17.5. The molecule has 4 bridgehead atoms. The van der Waals surface area contributed by atoms with Crippen LogP contribution >= 0.6 is 23.5 Å². The van der Waals surface area contributed by atoms with Crippen molar-refractivity contribution in [3.05, 3.63) is 70.8 Å². The van der Waals surface area contributed by atoms with Crippen LogP contribution in [0.4, 0.5) is 4.79 Å². The van der Waals surface area contributed by atoms with E-state index >= 15 is 0 Å². The second-order valence-electron chi connectivity index (χ2n) is 8.93. The van der Waals surface area contributed by atoms with Crippen LogP contribution in [0.1, 0.15) is 58.5 Å². The first-order valence-electron chi connectivity index (χ1n) is 13.2. The highest BCUT2D eigenvalue weighted by Gasteiger charge is 2.18. The average molecular weight is 587 g/mol. The largest absolute Gasteiger partial charge is 0.464 e. The minimum atomic E-state index is -0.554. The minimum absolute atomic E-state index is 0.0103. The number of carbonyl (C=O) groups excluding carboxylic acids is 5. The van der Waals surface area contributed by atoms with E-state index in [-0.39, 0.29) is 55.4 Å². The summed E-state index contributed by atoms with van der Waals surface area (Å²) in [5.41, 5.74) is 2.86. The van der Waals surface area contributed by atoms with E-state index in [9.17, 15) is 24.0 Å². The smallest absolute Gasteiger partial charge is 0.306 e. The van der Waals surface area contributed by atoms with Crippen LogP contribution in [0.2, 0.25) is 0 Å². The Labute approximate surface area is 242 Å². The van der Waals surface area contributed by atoms with Gasteiger partial charge in [0.15, 0.2) is 0 Å². The summed E-state index contributed by atoms with van der Waals surface area (Å²) in [5.74, 6) is -0.505. The summed E-state index contributed by atoms with van der Waals surface area (Å²) in [5, 5.41) is 0. The topological polar surface area (TPSA) is 110 Å². The van der Waals surface area contributed by atoms with Gasteiger partial charge in [0.1, 0.15) is 13.2 Å². The lowest BCUT2D eigenvalue weighted by Gasteiger charge is -2.21. The number of likely N-dealkylation sites (N-methyl/N-ethyl adjacent to an activating group) is 2. The van der Waals surface area contributed by atoms with Gasteiger partial charge in [-0.15, -0.1) is 0 Å². The predicted octanol–water partition coefficient (Wildman–Crippen LogP) is 4.78. The van der Waals surface area contributed by atoms with E-state index in [4.69, 9.17) is 9.47 Å². The number of hydrogen-bond acceptors (Lipinski definition) is 9. The number of amides is 2. The van der Waals surface area contributed by atoms with Gasteiger partial charge < -0.3 is 19.3 Å². The fraction of sp³-hybridized carbons (Fsp3) is 0.414. The molecule has 0 atom stereocenters. The molecule has 0 saturated heterocycles. The van der Waals surface area contributed by atoms with Crippen molar-refractivity contribution in [2.24, 2.45) is 0 Å². The van der Waals surface area contributed by atoms with Gasteiger partial charge in [-0.05, 0) is 49.2 Å². The number of benzene rings is 2. The molecule has 3 aliphatic heterocycles. The zero-order chi connectivity index (χ0) is 28.9. The lowest BCUT2D eigenvalue weighted by atomic mass is 10.1. The van der Waals surface area contributed by atoms with E-state index in [0.717, 1.165) is 11.1 Å². The Kier molecular flexibility index (Phi) is 12.5. The van der Waals surface area contributed by atoms with Crippen molar-refractivity contribution in [2.75, 3.05) is 39.4 Å². The third kappa shape index (κ3) is 9.71. The third-order valence-electron chi connectivity index (χ3n) is 6.23. The Morgan fingerprint density at radius 2 is 1.00 bits per heavy atom. The second-order valence-corrected chi connectivity index (χ2v) is 11.1. The molecule has 214 valence electrons. The number of hydrogen-bond donors (Lipinski definition) is 0. The van der Waals surface area contributed by atoms with E-state index in [1.807, 2.05) is 38.1 Å². The van der Waals surface area contributed by atoms with E-state index < -0.39 is 11.9 Å². The summed E-state index contributed by atoms with van der Waals surface area (Å²) in [6, 6.07) is 14.2. The van der Waals surface area contributed by atoms with Crippen LogP contribution in [-0.4, -0.2) is 77.4 Å². The number of rotatable bonds is 2. The van der Waals surface area contributed by atoms with E-state index in [1.54, 1.807) is 34.1 Å². The van der Waals surface area contributed by atoms with Gasteiger partial charge in [0.25, 0.3) is 11.8 Å². The zero-order valence-corrected chi connectivity index (χ0v) is 24.4. The Morgan fingerprint density at radius 3 is 1.35 bits per heavy atom. The van der Waals surface area contributed by atoms with Gasteiger partial charge in [0.2, 0.25) is 4.45 Å². The number of esters is 2. The van der Waals surface area contributed by atoms with Crippen molar-refractivity contribution >= 4 is 51.7 Å². The maximum absolute atomic E-state index is 12.9. The Hall–Kier alpha value is -3.31. The quantitative estimate of drug-likeness (QED) is 0.459. The zero-order valence-electron chi connectivity index (χ0n) is 22.8. The van der Waals surface area contributed by atoms with Gasteiger partial charge in [-0.25, -0.2) is 0 Å². The number of nitrogens with zero attached hydrogens (tertiary/aromatic N) is 2. The molecule has 5 rings (SSSR count). The summed E-state index contributed by atoms with van der Waals surface area (Å²) in [6.07, 6.45) is -0.274. The predicted molar refractivity (Wildman–Crippen MR) is 155 cm³/mol. The summed E-state index contributed by atoms with van der Waals surface area (Å²) in [4.78, 5) is 65.6. The first kappa shape index (κ1) is 31.2. The Morgan fingerprint density at radius 1 is 0.625 bits per heavy atom. The maximum Gasteiger partial charge on any atom is 0.306 e. The molecule has 2 aromatic carbocycles. The Balaban J connectivity index is 1.69. The van der Waals surface area contributed by atoms with E-state index in [1.165, 1.54) is 23.5 Å². The molecule has 0 radical (unpaired) electrons. The molecular formula is C29H34N2O7S2. The van der Waals surface area contributed by atoms with Crippen LogP contribution < -0.4 is 0 Å². The molecule has 0 aromatic heterocycles.